The van der Waals surface area contributed by atoms with Gasteiger partial charge in [0, 0.05) is 10.7 Å². The fourth-order valence-electron chi connectivity index (χ4n) is 1.07. The molecule has 74 valence electrons. The highest BCUT2D eigenvalue weighted by molar-refractivity contribution is 8.13. The molecule has 0 aliphatic heterocycles. The van der Waals surface area contributed by atoms with Crippen LogP contribution in [0.5, 0.6) is 0 Å². The summed E-state index contributed by atoms with van der Waals surface area (Å²) in [7, 11) is 1.54. The van der Waals surface area contributed by atoms with Crippen molar-refractivity contribution in [3.05, 3.63) is 11.9 Å². The van der Waals surface area contributed by atoms with Crippen LogP contribution >= 0.6 is 10.7 Å². The smallest absolute Gasteiger partial charge is 0.264 e. The summed E-state index contributed by atoms with van der Waals surface area (Å²) in [5, 5.41) is 6.28. The first-order chi connectivity index (χ1) is 5.91. The van der Waals surface area contributed by atoms with E-state index in [0.29, 0.717) is 18.0 Å². The summed E-state index contributed by atoms with van der Waals surface area (Å²) >= 11 is 0. The van der Waals surface area contributed by atoms with Crippen LogP contribution in [0.3, 0.4) is 0 Å². The molecule has 0 atom stereocenters. The number of nitrogens with one attached hydrogen (secondary N) is 1. The van der Waals surface area contributed by atoms with Gasteiger partial charge in [0.25, 0.3) is 9.05 Å². The van der Waals surface area contributed by atoms with Crippen molar-refractivity contribution in [3.63, 3.8) is 0 Å². The van der Waals surface area contributed by atoms with Crippen molar-refractivity contribution < 1.29 is 8.42 Å². The Kier molecular flexibility index (Phi) is 2.98. The first-order valence-electron chi connectivity index (χ1n) is 3.88. The molecule has 0 aliphatic carbocycles. The van der Waals surface area contributed by atoms with Gasteiger partial charge in [-0.25, -0.2) is 8.42 Å². The zero-order valence-corrected chi connectivity index (χ0v) is 8.98. The minimum absolute atomic E-state index is 0.0860. The maximum Gasteiger partial charge on any atom is 0.264 e. The monoisotopic (exact) mass is 222 g/mol. The summed E-state index contributed by atoms with van der Waals surface area (Å²) in [5.41, 5.74) is 0.574. The van der Waals surface area contributed by atoms with Gasteiger partial charge in [-0.1, -0.05) is 13.8 Å². The third kappa shape index (κ3) is 2.70. The zero-order chi connectivity index (χ0) is 10.1. The zero-order valence-electron chi connectivity index (χ0n) is 7.41. The van der Waals surface area contributed by atoms with Gasteiger partial charge in [-0.05, 0) is 12.3 Å². The summed E-state index contributed by atoms with van der Waals surface area (Å²) in [6.45, 7) is 3.98. The number of halogens is 1. The summed E-state index contributed by atoms with van der Waals surface area (Å²) in [6.07, 6.45) is 1.86. The topological polar surface area (TPSA) is 62.8 Å². The van der Waals surface area contributed by atoms with Crippen LogP contribution in [-0.4, -0.2) is 18.6 Å². The predicted molar refractivity (Wildman–Crippen MR) is 50.2 cm³/mol. The lowest BCUT2D eigenvalue weighted by Crippen LogP contribution is -2.00. The first kappa shape index (κ1) is 10.5. The van der Waals surface area contributed by atoms with E-state index in [1.165, 1.54) is 6.20 Å². The quantitative estimate of drug-likeness (QED) is 0.789. The molecule has 1 aromatic heterocycles. The lowest BCUT2D eigenvalue weighted by atomic mass is 10.1. The maximum atomic E-state index is 11.0. The predicted octanol–water partition coefficient (Wildman–Crippen LogP) is 1.54. The maximum absolute atomic E-state index is 11.0. The number of nitrogens with zero attached hydrogens (tertiary/aromatic N) is 1. The second kappa shape index (κ2) is 3.67. The van der Waals surface area contributed by atoms with E-state index in [9.17, 15) is 8.42 Å². The van der Waals surface area contributed by atoms with E-state index >= 15 is 0 Å². The molecule has 1 heterocycles. The Labute approximate surface area is 81.7 Å². The van der Waals surface area contributed by atoms with E-state index in [2.05, 4.69) is 10.2 Å². The van der Waals surface area contributed by atoms with Crippen LogP contribution in [0.2, 0.25) is 0 Å². The molecule has 1 aromatic rings. The van der Waals surface area contributed by atoms with Crippen molar-refractivity contribution in [2.45, 2.75) is 25.2 Å². The summed E-state index contributed by atoms with van der Waals surface area (Å²) < 4.78 is 22.0. The third-order valence-electron chi connectivity index (χ3n) is 1.55. The number of aromatic amines is 1. The Bertz CT molecular complexity index is 383. The molecule has 0 fully saturated rings. The average molecular weight is 223 g/mol. The molecule has 0 amide bonds. The standard InChI is InChI=1S/C7H11ClN2O2S/c1-5(2)3-6-7(4-9-10-6)13(8,11)12/h4-5H,3H2,1-2H3,(H,9,10). The molecule has 0 saturated carbocycles. The van der Waals surface area contributed by atoms with E-state index in [1.807, 2.05) is 13.8 Å². The molecule has 0 radical (unpaired) electrons. The Morgan fingerprint density at radius 2 is 2.23 bits per heavy atom. The SMILES string of the molecule is CC(C)Cc1[nH]ncc1S(=O)(=O)Cl. The van der Waals surface area contributed by atoms with Crippen LogP contribution in [0, 0.1) is 5.92 Å². The van der Waals surface area contributed by atoms with Gasteiger partial charge in [0.2, 0.25) is 0 Å². The number of H-pyrrole nitrogens is 1. The molecule has 0 saturated heterocycles. The number of hydrogen-bond donors (Lipinski definition) is 1. The lowest BCUT2D eigenvalue weighted by Gasteiger charge is -2.02. The van der Waals surface area contributed by atoms with Gasteiger partial charge in [-0.15, -0.1) is 0 Å². The molecular weight excluding hydrogens is 212 g/mol. The number of aromatic nitrogens is 2. The van der Waals surface area contributed by atoms with Gasteiger partial charge in [-0.3, -0.25) is 5.10 Å². The van der Waals surface area contributed by atoms with Crippen LogP contribution in [0.4, 0.5) is 0 Å². The van der Waals surface area contributed by atoms with Crippen molar-refractivity contribution in [2.75, 3.05) is 0 Å². The molecular formula is C7H11ClN2O2S. The van der Waals surface area contributed by atoms with Crippen LogP contribution in [0.25, 0.3) is 0 Å². The van der Waals surface area contributed by atoms with E-state index in [0.717, 1.165) is 0 Å². The minimum Gasteiger partial charge on any atom is -0.281 e. The Hall–Kier alpha value is -0.550. The fourth-order valence-corrected chi connectivity index (χ4v) is 2.07. The number of rotatable bonds is 3. The highest BCUT2D eigenvalue weighted by atomic mass is 35.7. The van der Waals surface area contributed by atoms with Gasteiger partial charge < -0.3 is 0 Å². The molecule has 0 aliphatic rings. The van der Waals surface area contributed by atoms with Gasteiger partial charge in [0.1, 0.15) is 4.90 Å². The molecule has 1 rings (SSSR count). The van der Waals surface area contributed by atoms with Crippen LogP contribution < -0.4 is 0 Å². The lowest BCUT2D eigenvalue weighted by molar-refractivity contribution is 0.601. The Morgan fingerprint density at radius 1 is 1.62 bits per heavy atom. The second-order valence-corrected chi connectivity index (χ2v) is 5.78. The van der Waals surface area contributed by atoms with Crippen LogP contribution in [0.15, 0.2) is 11.1 Å². The molecule has 0 bridgehead atoms. The molecule has 0 unspecified atom stereocenters. The fraction of sp³-hybridized carbons (Fsp3) is 0.571. The van der Waals surface area contributed by atoms with Gasteiger partial charge in [0.15, 0.2) is 0 Å². The van der Waals surface area contributed by atoms with Crippen LogP contribution in [0.1, 0.15) is 19.5 Å². The average Bonchev–Trinajstić information content (AvgIpc) is 2.31. The molecule has 6 heteroatoms. The normalized spacial score (nSPS) is 12.3. The molecule has 0 aromatic carbocycles. The van der Waals surface area contributed by atoms with Crippen LogP contribution in [-0.2, 0) is 15.5 Å². The number of hydrogen-bond acceptors (Lipinski definition) is 3. The van der Waals surface area contributed by atoms with Crippen molar-refractivity contribution in [1.29, 1.82) is 0 Å². The van der Waals surface area contributed by atoms with E-state index < -0.39 is 9.05 Å². The molecule has 0 spiro atoms. The Morgan fingerprint density at radius 3 is 2.69 bits per heavy atom. The largest absolute Gasteiger partial charge is 0.281 e. The molecule has 1 N–H and O–H groups in total. The Balaban J connectivity index is 3.04. The van der Waals surface area contributed by atoms with Gasteiger partial charge >= 0.3 is 0 Å². The first-order valence-corrected chi connectivity index (χ1v) is 6.19. The highest BCUT2D eigenvalue weighted by Gasteiger charge is 2.18. The second-order valence-electron chi connectivity index (χ2n) is 3.25. The highest BCUT2D eigenvalue weighted by Crippen LogP contribution is 2.19. The minimum atomic E-state index is -3.66. The van der Waals surface area contributed by atoms with E-state index in [-0.39, 0.29) is 4.90 Å². The van der Waals surface area contributed by atoms with Crippen molar-refractivity contribution in [1.82, 2.24) is 10.2 Å². The van der Waals surface area contributed by atoms with E-state index in [4.69, 9.17) is 10.7 Å². The van der Waals surface area contributed by atoms with E-state index in [1.54, 1.807) is 0 Å². The molecule has 4 nitrogen and oxygen atoms in total. The summed E-state index contributed by atoms with van der Waals surface area (Å²) in [5.74, 6) is 0.359. The van der Waals surface area contributed by atoms with Gasteiger partial charge in [-0.2, -0.15) is 5.10 Å². The summed E-state index contributed by atoms with van der Waals surface area (Å²) in [4.78, 5) is 0.0860. The third-order valence-corrected chi connectivity index (χ3v) is 2.93. The van der Waals surface area contributed by atoms with Crippen molar-refractivity contribution in [2.24, 2.45) is 5.92 Å². The summed E-state index contributed by atoms with van der Waals surface area (Å²) in [6, 6.07) is 0. The van der Waals surface area contributed by atoms with Gasteiger partial charge in [0.05, 0.1) is 11.9 Å². The molecule has 13 heavy (non-hydrogen) atoms. The van der Waals surface area contributed by atoms with Crippen molar-refractivity contribution >= 4 is 19.7 Å². The van der Waals surface area contributed by atoms with Crippen molar-refractivity contribution in [3.8, 4) is 0 Å².